The van der Waals surface area contributed by atoms with Crippen LogP contribution in [0.25, 0.3) is 11.3 Å². The maximum absolute atomic E-state index is 13.7. The predicted octanol–water partition coefficient (Wildman–Crippen LogP) is 5.17. The zero-order chi connectivity index (χ0) is 24.8. The number of rotatable bonds is 4. The van der Waals surface area contributed by atoms with Gasteiger partial charge < -0.3 is 10.6 Å². The lowest BCUT2D eigenvalue weighted by Crippen LogP contribution is -2.56. The number of halogens is 2. The molecule has 0 saturated heterocycles. The molecule has 2 N–H and O–H groups in total. The number of primary amides is 1. The third-order valence-corrected chi connectivity index (χ3v) is 9.33. The van der Waals surface area contributed by atoms with Gasteiger partial charge in [-0.25, -0.2) is 4.39 Å². The summed E-state index contributed by atoms with van der Waals surface area (Å²) in [7, 11) is 0. The fourth-order valence-corrected chi connectivity index (χ4v) is 9.13. The Morgan fingerprint density at radius 3 is 2.49 bits per heavy atom. The lowest BCUT2D eigenvalue weighted by Gasteiger charge is -2.65. The SMILES string of the molecule is CC12CC3CC(C)(C1)CC(CC(=O)N1CCn4nc(-c5ccc(F)c(Cl)c5)c(C(N)=O)c4C1)(C3)C2. The molecule has 6 nitrogen and oxygen atoms in total. The van der Waals surface area contributed by atoms with Crippen LogP contribution in [-0.4, -0.2) is 33.0 Å². The number of nitrogens with zero attached hydrogens (tertiary/aromatic N) is 3. The molecule has 186 valence electrons. The Balaban J connectivity index is 1.27. The molecule has 7 rings (SSSR count). The molecule has 1 aromatic carbocycles. The van der Waals surface area contributed by atoms with E-state index in [1.54, 1.807) is 10.7 Å². The topological polar surface area (TPSA) is 81.2 Å². The Morgan fingerprint density at radius 2 is 1.86 bits per heavy atom. The van der Waals surface area contributed by atoms with Crippen molar-refractivity contribution in [2.24, 2.45) is 27.9 Å². The van der Waals surface area contributed by atoms with Crippen LogP contribution >= 0.6 is 11.6 Å². The number of amides is 2. The van der Waals surface area contributed by atoms with Gasteiger partial charge in [0.05, 0.1) is 29.4 Å². The Bertz CT molecular complexity index is 1240. The fourth-order valence-electron chi connectivity index (χ4n) is 8.95. The van der Waals surface area contributed by atoms with Gasteiger partial charge in [-0.3, -0.25) is 14.3 Å². The van der Waals surface area contributed by atoms with E-state index in [0.29, 0.717) is 53.8 Å². The van der Waals surface area contributed by atoms with Crippen LogP contribution in [0.2, 0.25) is 5.02 Å². The van der Waals surface area contributed by atoms with Gasteiger partial charge in [-0.05, 0) is 78.9 Å². The first-order chi connectivity index (χ1) is 16.5. The van der Waals surface area contributed by atoms with Gasteiger partial charge in [0, 0.05) is 18.5 Å². The predicted molar refractivity (Wildman–Crippen MR) is 131 cm³/mol. The van der Waals surface area contributed by atoms with E-state index in [0.717, 1.165) is 25.2 Å². The van der Waals surface area contributed by atoms with Crippen molar-refractivity contribution in [2.75, 3.05) is 6.54 Å². The molecule has 0 spiro atoms. The highest BCUT2D eigenvalue weighted by molar-refractivity contribution is 6.31. The number of aromatic nitrogens is 2. The van der Waals surface area contributed by atoms with Crippen LogP contribution in [0.3, 0.4) is 0 Å². The number of hydrogen-bond donors (Lipinski definition) is 1. The van der Waals surface area contributed by atoms with E-state index in [9.17, 15) is 14.0 Å². The van der Waals surface area contributed by atoms with Crippen LogP contribution in [0.15, 0.2) is 18.2 Å². The van der Waals surface area contributed by atoms with E-state index in [1.807, 2.05) is 4.90 Å². The quantitative estimate of drug-likeness (QED) is 0.631. The molecule has 4 bridgehead atoms. The summed E-state index contributed by atoms with van der Waals surface area (Å²) < 4.78 is 15.5. The standard InChI is InChI=1S/C27H32ClFN4O2/c1-25-8-16-9-26(2,13-25)15-27(10-16,14-25)11-21(34)32-5-6-33-20(12-32)22(24(30)35)23(31-33)17-3-4-19(29)18(28)7-17/h3-4,7,16H,5-6,8-15H2,1-2H3,(H2,30,35). The Morgan fingerprint density at radius 1 is 1.14 bits per heavy atom. The number of nitrogens with two attached hydrogens (primary N) is 1. The molecular weight excluding hydrogens is 467 g/mol. The fraction of sp³-hybridized carbons (Fsp3) is 0.593. The summed E-state index contributed by atoms with van der Waals surface area (Å²) in [4.78, 5) is 28.0. The molecule has 2 atom stereocenters. The van der Waals surface area contributed by atoms with E-state index in [1.165, 1.54) is 31.4 Å². The molecular formula is C27H32ClFN4O2. The summed E-state index contributed by atoms with van der Waals surface area (Å²) >= 11 is 5.98. The van der Waals surface area contributed by atoms with Gasteiger partial charge in [0.2, 0.25) is 5.91 Å². The molecule has 2 aromatic rings. The molecule has 2 heterocycles. The molecule has 4 fully saturated rings. The molecule has 2 unspecified atom stereocenters. The van der Waals surface area contributed by atoms with Gasteiger partial charge >= 0.3 is 0 Å². The average Bonchev–Trinajstić information content (AvgIpc) is 3.11. The molecule has 1 aliphatic heterocycles. The highest BCUT2D eigenvalue weighted by atomic mass is 35.5. The largest absolute Gasteiger partial charge is 0.365 e. The monoisotopic (exact) mass is 498 g/mol. The minimum Gasteiger partial charge on any atom is -0.365 e. The summed E-state index contributed by atoms with van der Waals surface area (Å²) in [5, 5.41) is 4.56. The van der Waals surface area contributed by atoms with Crippen molar-refractivity contribution in [2.45, 2.75) is 71.9 Å². The Labute approximate surface area is 210 Å². The first-order valence-corrected chi connectivity index (χ1v) is 13.0. The normalized spacial score (nSPS) is 33.1. The summed E-state index contributed by atoms with van der Waals surface area (Å²) in [5.74, 6) is -0.251. The van der Waals surface area contributed by atoms with E-state index in [-0.39, 0.29) is 21.9 Å². The number of fused-ring (bicyclic) bond motifs is 1. The van der Waals surface area contributed by atoms with E-state index < -0.39 is 11.7 Å². The third-order valence-electron chi connectivity index (χ3n) is 9.04. The molecule has 0 radical (unpaired) electrons. The van der Waals surface area contributed by atoms with Gasteiger partial charge in [0.1, 0.15) is 11.5 Å². The number of hydrogen-bond acceptors (Lipinski definition) is 3. The molecule has 4 saturated carbocycles. The van der Waals surface area contributed by atoms with Crippen molar-refractivity contribution >= 4 is 23.4 Å². The zero-order valence-corrected chi connectivity index (χ0v) is 21.1. The second-order valence-corrected chi connectivity index (χ2v) is 12.9. The van der Waals surface area contributed by atoms with E-state index in [4.69, 9.17) is 17.3 Å². The van der Waals surface area contributed by atoms with Gasteiger partial charge in [-0.15, -0.1) is 0 Å². The minimum absolute atomic E-state index is 0.0429. The van der Waals surface area contributed by atoms with Crippen LogP contribution in [-0.2, 0) is 17.9 Å². The molecule has 5 aliphatic rings. The van der Waals surface area contributed by atoms with Crippen molar-refractivity contribution < 1.29 is 14.0 Å². The highest BCUT2D eigenvalue weighted by Gasteiger charge is 2.60. The van der Waals surface area contributed by atoms with Crippen LogP contribution in [0, 0.1) is 28.0 Å². The number of carbonyl (C=O) groups is 2. The van der Waals surface area contributed by atoms with Crippen molar-refractivity contribution in [1.82, 2.24) is 14.7 Å². The maximum Gasteiger partial charge on any atom is 0.252 e. The smallest absolute Gasteiger partial charge is 0.252 e. The third kappa shape index (κ3) is 3.78. The molecule has 1 aromatic heterocycles. The van der Waals surface area contributed by atoms with Crippen molar-refractivity contribution in [1.29, 1.82) is 0 Å². The first-order valence-electron chi connectivity index (χ1n) is 12.6. The highest BCUT2D eigenvalue weighted by Crippen LogP contribution is 2.70. The van der Waals surface area contributed by atoms with Crippen LogP contribution in [0.5, 0.6) is 0 Å². The summed E-state index contributed by atoms with van der Waals surface area (Å²) in [6, 6.07) is 4.25. The molecule has 35 heavy (non-hydrogen) atoms. The summed E-state index contributed by atoms with van der Waals surface area (Å²) in [6.45, 7) is 6.19. The van der Waals surface area contributed by atoms with Gasteiger partial charge in [-0.2, -0.15) is 5.10 Å². The minimum atomic E-state index is -0.613. The second-order valence-electron chi connectivity index (χ2n) is 12.5. The summed E-state index contributed by atoms with van der Waals surface area (Å²) in [6.07, 6.45) is 7.93. The zero-order valence-electron chi connectivity index (χ0n) is 20.4. The second kappa shape index (κ2) is 7.55. The lowest BCUT2D eigenvalue weighted by molar-refractivity contribution is -0.161. The Hall–Kier alpha value is -2.41. The van der Waals surface area contributed by atoms with Gasteiger partial charge in [0.15, 0.2) is 0 Å². The lowest BCUT2D eigenvalue weighted by atomic mass is 9.40. The molecule has 8 heteroatoms. The van der Waals surface area contributed by atoms with Crippen LogP contribution in [0.4, 0.5) is 4.39 Å². The number of carbonyl (C=O) groups excluding carboxylic acids is 2. The van der Waals surface area contributed by atoms with Crippen molar-refractivity contribution in [3.63, 3.8) is 0 Å². The molecule has 4 aliphatic carbocycles. The number of benzene rings is 1. The van der Waals surface area contributed by atoms with Crippen LogP contribution < -0.4 is 5.73 Å². The van der Waals surface area contributed by atoms with Gasteiger partial charge in [0.25, 0.3) is 5.91 Å². The Kier molecular flexibility index (Phi) is 4.96. The first kappa shape index (κ1) is 23.0. The van der Waals surface area contributed by atoms with Crippen molar-refractivity contribution in [3.05, 3.63) is 40.3 Å². The maximum atomic E-state index is 13.7. The molecule has 2 amide bonds. The van der Waals surface area contributed by atoms with Crippen molar-refractivity contribution in [3.8, 4) is 11.3 Å². The average molecular weight is 499 g/mol. The van der Waals surface area contributed by atoms with E-state index >= 15 is 0 Å². The summed E-state index contributed by atoms with van der Waals surface area (Å²) in [5.41, 5.74) is 8.41. The van der Waals surface area contributed by atoms with Gasteiger partial charge in [-0.1, -0.05) is 25.4 Å². The van der Waals surface area contributed by atoms with E-state index in [2.05, 4.69) is 18.9 Å². The van der Waals surface area contributed by atoms with Crippen LogP contribution in [0.1, 0.15) is 74.8 Å².